The zero-order chi connectivity index (χ0) is 25.3. The second-order valence-corrected chi connectivity index (χ2v) is 9.25. The molecule has 1 saturated carbocycles. The number of nitrogens with one attached hydrogen (secondary N) is 2. The molecule has 0 radical (unpaired) electrons. The van der Waals surface area contributed by atoms with Crippen molar-refractivity contribution in [2.24, 2.45) is 0 Å². The lowest BCUT2D eigenvalue weighted by atomic mass is 9.90. The van der Waals surface area contributed by atoms with E-state index in [1.165, 1.54) is 6.07 Å². The van der Waals surface area contributed by atoms with Gasteiger partial charge in [0.2, 0.25) is 0 Å². The Labute approximate surface area is 201 Å². The predicted octanol–water partition coefficient (Wildman–Crippen LogP) is 5.92. The molecule has 2 N–H and O–H groups in total. The number of aromatic nitrogens is 1. The molecule has 5 nitrogen and oxygen atoms in total. The molecule has 35 heavy (non-hydrogen) atoms. The van der Waals surface area contributed by atoms with Gasteiger partial charge in [0.25, 0.3) is 5.91 Å². The van der Waals surface area contributed by atoms with Gasteiger partial charge in [-0.05, 0) is 62.4 Å². The molecule has 1 aromatic heterocycles. The summed E-state index contributed by atoms with van der Waals surface area (Å²) in [6.45, 7) is 1.79. The number of carbonyl (C=O) groups excluding carboxylic acids is 1. The topological polar surface area (TPSA) is 57.3 Å². The Morgan fingerprint density at radius 3 is 2.34 bits per heavy atom. The highest BCUT2D eigenvalue weighted by atomic mass is 19.4. The minimum absolute atomic E-state index is 0.00230. The minimum atomic E-state index is -4.54. The smallest absolute Gasteiger partial charge is 0.382 e. The summed E-state index contributed by atoms with van der Waals surface area (Å²) in [5, 5.41) is 6.81. The fourth-order valence-electron chi connectivity index (χ4n) is 4.62. The number of benzene rings is 2. The first-order valence-electron chi connectivity index (χ1n) is 11.5. The highest BCUT2D eigenvalue weighted by Crippen LogP contribution is 2.34. The van der Waals surface area contributed by atoms with Gasteiger partial charge in [0, 0.05) is 42.9 Å². The van der Waals surface area contributed by atoms with Gasteiger partial charge in [-0.25, -0.2) is 9.37 Å². The van der Waals surface area contributed by atoms with Crippen LogP contribution in [0.5, 0.6) is 0 Å². The van der Waals surface area contributed by atoms with Crippen molar-refractivity contribution in [3.8, 4) is 0 Å². The lowest BCUT2D eigenvalue weighted by Crippen LogP contribution is -2.40. The van der Waals surface area contributed by atoms with Crippen molar-refractivity contribution >= 4 is 28.2 Å². The molecule has 0 aliphatic heterocycles. The van der Waals surface area contributed by atoms with Crippen molar-refractivity contribution in [3.05, 3.63) is 65.1 Å². The van der Waals surface area contributed by atoms with Crippen molar-refractivity contribution < 1.29 is 22.4 Å². The number of pyridine rings is 1. The number of rotatable bonds is 5. The summed E-state index contributed by atoms with van der Waals surface area (Å²) in [6, 6.07) is 10.5. The van der Waals surface area contributed by atoms with Gasteiger partial charge in [0.05, 0.1) is 11.1 Å². The van der Waals surface area contributed by atoms with E-state index in [4.69, 9.17) is 0 Å². The van der Waals surface area contributed by atoms with Crippen LogP contribution in [-0.2, 0) is 6.18 Å². The fourth-order valence-corrected chi connectivity index (χ4v) is 4.62. The number of fused-ring (bicyclic) bond motifs is 1. The Hall–Kier alpha value is -3.36. The molecule has 3 aromatic rings. The van der Waals surface area contributed by atoms with Crippen LogP contribution in [0.1, 0.15) is 47.3 Å². The van der Waals surface area contributed by atoms with Gasteiger partial charge >= 0.3 is 6.18 Å². The molecule has 2 aromatic carbocycles. The summed E-state index contributed by atoms with van der Waals surface area (Å²) in [7, 11) is 3.67. The largest absolute Gasteiger partial charge is 0.433 e. The van der Waals surface area contributed by atoms with E-state index < -0.39 is 23.6 Å². The van der Waals surface area contributed by atoms with Crippen molar-refractivity contribution in [2.75, 3.05) is 24.3 Å². The Morgan fingerprint density at radius 2 is 1.69 bits per heavy atom. The van der Waals surface area contributed by atoms with Crippen LogP contribution in [0, 0.1) is 12.7 Å². The van der Waals surface area contributed by atoms with Crippen molar-refractivity contribution in [2.45, 2.75) is 50.9 Å². The van der Waals surface area contributed by atoms with Crippen LogP contribution >= 0.6 is 0 Å². The van der Waals surface area contributed by atoms with E-state index in [1.54, 1.807) is 37.3 Å². The third-order valence-corrected chi connectivity index (χ3v) is 6.44. The van der Waals surface area contributed by atoms with Gasteiger partial charge in [-0.15, -0.1) is 0 Å². The molecule has 0 spiro atoms. The normalized spacial score (nSPS) is 18.4. The molecule has 1 heterocycles. The summed E-state index contributed by atoms with van der Waals surface area (Å²) >= 11 is 0. The molecular weight excluding hydrogens is 460 g/mol. The Bertz CT molecular complexity index is 1230. The van der Waals surface area contributed by atoms with Crippen LogP contribution in [0.4, 0.5) is 28.9 Å². The summed E-state index contributed by atoms with van der Waals surface area (Å²) in [6.07, 6.45) is -1.97. The van der Waals surface area contributed by atoms with Crippen LogP contribution in [0.3, 0.4) is 0 Å². The van der Waals surface area contributed by atoms with Crippen LogP contribution in [0.15, 0.2) is 42.5 Å². The highest BCUT2D eigenvalue weighted by molar-refractivity contribution is 5.96. The number of nitrogens with zero attached hydrogens (tertiary/aromatic N) is 2. The summed E-state index contributed by atoms with van der Waals surface area (Å²) in [5.41, 5.74) is 1.26. The lowest BCUT2D eigenvalue weighted by molar-refractivity contribution is -0.140. The van der Waals surface area contributed by atoms with Gasteiger partial charge in [-0.1, -0.05) is 18.2 Å². The summed E-state index contributed by atoms with van der Waals surface area (Å²) in [5.74, 6) is -1.03. The molecule has 1 aliphatic carbocycles. The number of hydrogen-bond donors (Lipinski definition) is 2. The lowest BCUT2D eigenvalue weighted by Gasteiger charge is -2.31. The molecule has 0 atom stereocenters. The number of alkyl halides is 3. The highest BCUT2D eigenvalue weighted by Gasteiger charge is 2.34. The molecule has 1 aliphatic rings. The molecule has 4 rings (SSSR count). The predicted molar refractivity (Wildman–Crippen MR) is 129 cm³/mol. The molecule has 1 fully saturated rings. The SMILES string of the molecule is Cc1cc(F)c(C(=O)N[C@H]2CC[C@@H](Nc3cc(C(F)(F)F)nc4ccccc34)CC2)cc1N(C)C. The first-order chi connectivity index (χ1) is 16.5. The average Bonchev–Trinajstić information content (AvgIpc) is 2.79. The Morgan fingerprint density at radius 1 is 1.03 bits per heavy atom. The minimum Gasteiger partial charge on any atom is -0.382 e. The van der Waals surface area contributed by atoms with E-state index in [0.29, 0.717) is 36.8 Å². The van der Waals surface area contributed by atoms with Crippen molar-refractivity contribution in [1.82, 2.24) is 10.3 Å². The number of para-hydroxylation sites is 1. The number of amides is 1. The maximum atomic E-state index is 14.5. The Kier molecular flexibility index (Phi) is 6.87. The van der Waals surface area contributed by atoms with Gasteiger partial charge in [-0.3, -0.25) is 4.79 Å². The molecular formula is C26H28F4N4O. The zero-order valence-corrected chi connectivity index (χ0v) is 19.8. The van der Waals surface area contributed by atoms with Crippen LogP contribution in [-0.4, -0.2) is 37.1 Å². The Balaban J connectivity index is 1.43. The van der Waals surface area contributed by atoms with Crippen LogP contribution in [0.2, 0.25) is 0 Å². The van der Waals surface area contributed by atoms with E-state index in [9.17, 15) is 22.4 Å². The number of halogens is 4. The first-order valence-corrected chi connectivity index (χ1v) is 11.5. The maximum Gasteiger partial charge on any atom is 0.433 e. The van der Waals surface area contributed by atoms with Crippen molar-refractivity contribution in [1.29, 1.82) is 0 Å². The van der Waals surface area contributed by atoms with E-state index >= 15 is 0 Å². The second kappa shape index (κ2) is 9.71. The van der Waals surface area contributed by atoms with Gasteiger partial charge in [0.1, 0.15) is 11.5 Å². The maximum absolute atomic E-state index is 14.5. The third-order valence-electron chi connectivity index (χ3n) is 6.44. The van der Waals surface area contributed by atoms with Crippen LogP contribution in [0.25, 0.3) is 10.9 Å². The third kappa shape index (κ3) is 5.49. The van der Waals surface area contributed by atoms with E-state index in [-0.39, 0.29) is 23.2 Å². The number of carbonyl (C=O) groups is 1. The summed E-state index contributed by atoms with van der Waals surface area (Å²) in [4.78, 5) is 18.4. The quantitative estimate of drug-likeness (QED) is 0.438. The average molecular weight is 489 g/mol. The molecule has 1 amide bonds. The molecule has 0 bridgehead atoms. The first kappa shape index (κ1) is 24.8. The van der Waals surface area contributed by atoms with Crippen LogP contribution < -0.4 is 15.5 Å². The van der Waals surface area contributed by atoms with E-state index in [2.05, 4.69) is 15.6 Å². The zero-order valence-electron chi connectivity index (χ0n) is 19.8. The standard InChI is InChI=1S/C26H28F4N4O/c1-15-12-20(27)19(13-23(15)34(2)3)25(35)32-17-10-8-16(9-11-17)31-22-14-24(26(28,29)30)33-21-7-5-4-6-18(21)22/h4-7,12-14,16-17H,8-11H2,1-3H3,(H,31,33)(H,32,35)/t16-,17+. The second-order valence-electron chi connectivity index (χ2n) is 9.25. The number of aryl methyl sites for hydroxylation is 1. The van der Waals surface area contributed by atoms with Gasteiger partial charge in [-0.2, -0.15) is 13.2 Å². The molecule has 186 valence electrons. The monoisotopic (exact) mass is 488 g/mol. The molecule has 0 saturated heterocycles. The van der Waals surface area contributed by atoms with Gasteiger partial charge < -0.3 is 15.5 Å². The number of hydrogen-bond acceptors (Lipinski definition) is 4. The fraction of sp³-hybridized carbons (Fsp3) is 0.385. The molecule has 9 heteroatoms. The number of anilines is 2. The van der Waals surface area contributed by atoms with E-state index in [0.717, 1.165) is 17.3 Å². The van der Waals surface area contributed by atoms with Gasteiger partial charge in [0.15, 0.2) is 0 Å². The van der Waals surface area contributed by atoms with E-state index in [1.807, 2.05) is 19.0 Å². The molecule has 0 unspecified atom stereocenters. The summed E-state index contributed by atoms with van der Waals surface area (Å²) < 4.78 is 54.5. The van der Waals surface area contributed by atoms with Crippen molar-refractivity contribution in [3.63, 3.8) is 0 Å².